The van der Waals surface area contributed by atoms with E-state index in [0.717, 1.165) is 23.8 Å². The number of hydrogen-bond donors (Lipinski definition) is 0. The molecule has 1 aliphatic heterocycles. The van der Waals surface area contributed by atoms with Gasteiger partial charge in [-0.2, -0.15) is 5.10 Å². The summed E-state index contributed by atoms with van der Waals surface area (Å²) < 4.78 is 1.29. The number of pyridine rings is 1. The molecule has 23 heavy (non-hydrogen) atoms. The molecule has 0 radical (unpaired) electrons. The van der Waals surface area contributed by atoms with Gasteiger partial charge in [0.1, 0.15) is 18.9 Å². The summed E-state index contributed by atoms with van der Waals surface area (Å²) in [5.41, 5.74) is 1.94. The Balaban J connectivity index is 1.66. The van der Waals surface area contributed by atoms with Crippen molar-refractivity contribution in [3.63, 3.8) is 0 Å². The fraction of sp³-hybridized carbons (Fsp3) is 0.267. The molecule has 8 heteroatoms. The largest absolute Gasteiger partial charge is 0.336 e. The predicted molar refractivity (Wildman–Crippen MR) is 82.3 cm³/mol. The normalized spacial score (nSPS) is 14.4. The molecule has 3 rings (SSSR count). The van der Waals surface area contributed by atoms with Crippen LogP contribution in [-0.2, 0) is 11.3 Å². The zero-order chi connectivity index (χ0) is 16.2. The predicted octanol–water partition coefficient (Wildman–Crippen LogP) is 1.50. The highest BCUT2D eigenvalue weighted by molar-refractivity contribution is 5.80. The van der Waals surface area contributed by atoms with Gasteiger partial charge in [-0.1, -0.05) is 12.1 Å². The van der Waals surface area contributed by atoms with E-state index in [1.165, 1.54) is 10.9 Å². The Labute approximate surface area is 132 Å². The lowest BCUT2D eigenvalue weighted by Gasteiger charge is -2.27. The Morgan fingerprint density at radius 3 is 2.96 bits per heavy atom. The Morgan fingerprint density at radius 2 is 2.26 bits per heavy atom. The van der Waals surface area contributed by atoms with Gasteiger partial charge in [0.15, 0.2) is 0 Å². The van der Waals surface area contributed by atoms with Gasteiger partial charge in [-0.3, -0.25) is 24.6 Å². The lowest BCUT2D eigenvalue weighted by Crippen LogP contribution is -2.37. The molecule has 0 aliphatic carbocycles. The molecule has 0 aromatic carbocycles. The van der Waals surface area contributed by atoms with E-state index in [2.05, 4.69) is 16.2 Å². The van der Waals surface area contributed by atoms with Gasteiger partial charge in [0.05, 0.1) is 4.92 Å². The molecule has 8 nitrogen and oxygen atoms in total. The third-order valence-corrected chi connectivity index (χ3v) is 3.66. The molecule has 0 N–H and O–H groups in total. The quantitative estimate of drug-likeness (QED) is 0.630. The Kier molecular flexibility index (Phi) is 4.13. The summed E-state index contributed by atoms with van der Waals surface area (Å²) in [4.78, 5) is 28.3. The first-order valence-electron chi connectivity index (χ1n) is 7.17. The maximum absolute atomic E-state index is 12.4. The topological polar surface area (TPSA) is 94.2 Å². The molecule has 1 aliphatic rings. The van der Waals surface area contributed by atoms with E-state index in [1.807, 2.05) is 12.1 Å². The molecule has 118 valence electrons. The van der Waals surface area contributed by atoms with Gasteiger partial charge in [0.25, 0.3) is 0 Å². The molecule has 0 bridgehead atoms. The third-order valence-electron chi connectivity index (χ3n) is 3.66. The number of aromatic nitrogens is 3. The molecular formula is C15H15N5O3. The summed E-state index contributed by atoms with van der Waals surface area (Å²) in [6.07, 6.45) is 8.77. The lowest BCUT2D eigenvalue weighted by atomic mass is 10.0. The smallest absolute Gasteiger partial charge is 0.307 e. The van der Waals surface area contributed by atoms with Gasteiger partial charge in [-0.05, 0) is 23.6 Å². The summed E-state index contributed by atoms with van der Waals surface area (Å²) in [6.45, 7) is 1.13. The van der Waals surface area contributed by atoms with Gasteiger partial charge in [0, 0.05) is 25.5 Å². The monoisotopic (exact) mass is 313 g/mol. The maximum Gasteiger partial charge on any atom is 0.307 e. The third kappa shape index (κ3) is 3.42. The van der Waals surface area contributed by atoms with Crippen LogP contribution >= 0.6 is 0 Å². The zero-order valence-electron chi connectivity index (χ0n) is 12.3. The van der Waals surface area contributed by atoms with Crippen molar-refractivity contribution in [3.05, 3.63) is 58.7 Å². The van der Waals surface area contributed by atoms with Crippen LogP contribution in [0.3, 0.4) is 0 Å². The van der Waals surface area contributed by atoms with E-state index in [-0.39, 0.29) is 18.1 Å². The molecule has 0 atom stereocenters. The minimum absolute atomic E-state index is 0.00579. The minimum atomic E-state index is -0.530. The number of amides is 1. The number of nitro groups is 1. The summed E-state index contributed by atoms with van der Waals surface area (Å²) in [5, 5.41) is 14.5. The molecule has 0 saturated heterocycles. The van der Waals surface area contributed by atoms with Crippen LogP contribution in [0.1, 0.15) is 12.0 Å². The SMILES string of the molecule is O=C(Cn1cc([N+](=O)[O-])cn1)N1CCC=C(c2cccnc2)C1. The molecule has 0 fully saturated rings. The fourth-order valence-corrected chi connectivity index (χ4v) is 2.49. The van der Waals surface area contributed by atoms with Crippen molar-refractivity contribution in [1.29, 1.82) is 0 Å². The highest BCUT2D eigenvalue weighted by atomic mass is 16.6. The van der Waals surface area contributed by atoms with Crippen molar-refractivity contribution in [2.24, 2.45) is 0 Å². The van der Waals surface area contributed by atoms with Crippen LogP contribution in [0.4, 0.5) is 5.69 Å². The van der Waals surface area contributed by atoms with Crippen LogP contribution in [0.2, 0.25) is 0 Å². The first-order chi connectivity index (χ1) is 11.1. The van der Waals surface area contributed by atoms with Crippen molar-refractivity contribution in [2.45, 2.75) is 13.0 Å². The molecule has 0 unspecified atom stereocenters. The standard InChI is InChI=1S/C15H15N5O3/c21-15(11-19-10-14(8-17-19)20(22)23)18-6-2-4-13(9-18)12-3-1-5-16-7-12/h1,3-5,7-8,10H,2,6,9,11H2. The summed E-state index contributed by atoms with van der Waals surface area (Å²) in [6, 6.07) is 3.82. The highest BCUT2D eigenvalue weighted by Gasteiger charge is 2.20. The summed E-state index contributed by atoms with van der Waals surface area (Å²) in [7, 11) is 0. The number of nitrogens with zero attached hydrogens (tertiary/aromatic N) is 5. The molecule has 3 heterocycles. The van der Waals surface area contributed by atoms with Crippen LogP contribution in [0, 0.1) is 10.1 Å². The van der Waals surface area contributed by atoms with Gasteiger partial charge in [-0.25, -0.2) is 0 Å². The molecule has 2 aromatic heterocycles. The lowest BCUT2D eigenvalue weighted by molar-refractivity contribution is -0.385. The van der Waals surface area contributed by atoms with Crippen LogP contribution in [0.5, 0.6) is 0 Å². The maximum atomic E-state index is 12.4. The van der Waals surface area contributed by atoms with E-state index < -0.39 is 4.92 Å². The number of carbonyl (C=O) groups excluding carboxylic acids is 1. The second kappa shape index (κ2) is 6.39. The van der Waals surface area contributed by atoms with Gasteiger partial charge >= 0.3 is 5.69 Å². The van der Waals surface area contributed by atoms with Crippen LogP contribution in [-0.4, -0.2) is 43.6 Å². The van der Waals surface area contributed by atoms with E-state index >= 15 is 0 Å². The van der Waals surface area contributed by atoms with E-state index in [9.17, 15) is 14.9 Å². The Hall–Kier alpha value is -3.03. The molecule has 1 amide bonds. The summed E-state index contributed by atoms with van der Waals surface area (Å²) in [5.74, 6) is -0.113. The fourth-order valence-electron chi connectivity index (χ4n) is 2.49. The van der Waals surface area contributed by atoms with Crippen molar-refractivity contribution < 1.29 is 9.72 Å². The van der Waals surface area contributed by atoms with Crippen LogP contribution < -0.4 is 0 Å². The van der Waals surface area contributed by atoms with E-state index in [0.29, 0.717) is 13.1 Å². The van der Waals surface area contributed by atoms with E-state index in [1.54, 1.807) is 17.3 Å². The van der Waals surface area contributed by atoms with Gasteiger partial charge in [0.2, 0.25) is 5.91 Å². The number of carbonyl (C=O) groups is 1. The van der Waals surface area contributed by atoms with E-state index in [4.69, 9.17) is 0 Å². The van der Waals surface area contributed by atoms with Crippen LogP contribution in [0.25, 0.3) is 5.57 Å². The zero-order valence-corrected chi connectivity index (χ0v) is 12.3. The van der Waals surface area contributed by atoms with Crippen molar-refractivity contribution in [1.82, 2.24) is 19.7 Å². The Morgan fingerprint density at radius 1 is 1.39 bits per heavy atom. The first-order valence-corrected chi connectivity index (χ1v) is 7.17. The minimum Gasteiger partial charge on any atom is -0.336 e. The number of rotatable bonds is 4. The van der Waals surface area contributed by atoms with Gasteiger partial charge < -0.3 is 4.90 Å². The van der Waals surface area contributed by atoms with Crippen LogP contribution in [0.15, 0.2) is 43.0 Å². The number of hydrogen-bond acceptors (Lipinski definition) is 5. The van der Waals surface area contributed by atoms with Crippen molar-refractivity contribution in [3.8, 4) is 0 Å². The molecule has 0 spiro atoms. The highest BCUT2D eigenvalue weighted by Crippen LogP contribution is 2.20. The second-order valence-electron chi connectivity index (χ2n) is 5.23. The molecular weight excluding hydrogens is 298 g/mol. The Bertz CT molecular complexity index is 753. The average molecular weight is 313 g/mol. The first kappa shape index (κ1) is 14.9. The second-order valence-corrected chi connectivity index (χ2v) is 5.23. The van der Waals surface area contributed by atoms with Crippen molar-refractivity contribution >= 4 is 17.2 Å². The molecule has 2 aromatic rings. The van der Waals surface area contributed by atoms with Gasteiger partial charge in [-0.15, -0.1) is 0 Å². The molecule has 0 saturated carbocycles. The summed E-state index contributed by atoms with van der Waals surface area (Å²) >= 11 is 0. The average Bonchev–Trinajstić information content (AvgIpc) is 3.04. The van der Waals surface area contributed by atoms with Crippen molar-refractivity contribution in [2.75, 3.05) is 13.1 Å².